The summed E-state index contributed by atoms with van der Waals surface area (Å²) in [7, 11) is 0. The Hall–Kier alpha value is -2.97. The lowest BCUT2D eigenvalue weighted by molar-refractivity contribution is -0.255. The molecule has 0 spiro atoms. The van der Waals surface area contributed by atoms with Crippen molar-refractivity contribution in [3.63, 3.8) is 0 Å². The van der Waals surface area contributed by atoms with Crippen molar-refractivity contribution in [1.29, 1.82) is 0 Å². The van der Waals surface area contributed by atoms with Crippen molar-refractivity contribution in [2.75, 3.05) is 11.9 Å². The normalized spacial score (nSPS) is 15.1. The van der Waals surface area contributed by atoms with E-state index in [4.69, 9.17) is 12.2 Å². The molecule has 8 heteroatoms. The number of carboxylic acid groups (broad SMARTS) is 1. The summed E-state index contributed by atoms with van der Waals surface area (Å²) in [6.45, 7) is 1.81. The standard InChI is InChI=1S/C21H18N2O4S2/c1-2-13-6-8-14(9-7-13)10-17-19(25)23(21(28)29-17)12-18(24)22-16-5-3-4-15(11-16)20(26)27/h3-11H,2,12H2,1H3,(H,22,24)(H,26,27)/p-1. The van der Waals surface area contributed by atoms with Gasteiger partial charge in [0.1, 0.15) is 10.9 Å². The quantitative estimate of drug-likeness (QED) is 0.565. The Morgan fingerprint density at radius 2 is 1.93 bits per heavy atom. The van der Waals surface area contributed by atoms with Crippen molar-refractivity contribution in [3.8, 4) is 0 Å². The Morgan fingerprint density at radius 1 is 1.21 bits per heavy atom. The topological polar surface area (TPSA) is 89.5 Å². The number of hydrogen-bond donors (Lipinski definition) is 1. The van der Waals surface area contributed by atoms with Crippen LogP contribution in [0.3, 0.4) is 0 Å². The number of benzene rings is 2. The lowest BCUT2D eigenvalue weighted by Gasteiger charge is -2.14. The molecule has 0 aliphatic carbocycles. The zero-order valence-electron chi connectivity index (χ0n) is 15.5. The van der Waals surface area contributed by atoms with Crippen LogP contribution < -0.4 is 10.4 Å². The highest BCUT2D eigenvalue weighted by molar-refractivity contribution is 8.26. The monoisotopic (exact) mass is 425 g/mol. The number of nitrogens with zero attached hydrogens (tertiary/aromatic N) is 1. The Balaban J connectivity index is 1.68. The fourth-order valence-electron chi connectivity index (χ4n) is 2.71. The van der Waals surface area contributed by atoms with Gasteiger partial charge in [-0.1, -0.05) is 67.3 Å². The number of carbonyl (C=O) groups excluding carboxylic acids is 3. The molecule has 1 saturated heterocycles. The molecule has 0 aromatic heterocycles. The Bertz CT molecular complexity index is 1020. The summed E-state index contributed by atoms with van der Waals surface area (Å²) < 4.78 is 0.296. The van der Waals surface area contributed by atoms with Crippen molar-refractivity contribution in [1.82, 2.24) is 4.90 Å². The van der Waals surface area contributed by atoms with E-state index in [1.807, 2.05) is 24.3 Å². The first kappa shape index (κ1) is 20.8. The second-order valence-corrected chi connectivity index (χ2v) is 7.96. The van der Waals surface area contributed by atoms with E-state index in [1.165, 1.54) is 28.7 Å². The Labute approximate surface area is 177 Å². The van der Waals surface area contributed by atoms with Crippen LogP contribution in [0.1, 0.15) is 28.4 Å². The highest BCUT2D eigenvalue weighted by Crippen LogP contribution is 2.32. The molecule has 0 bridgehead atoms. The van der Waals surface area contributed by atoms with Crippen LogP contribution in [0.5, 0.6) is 0 Å². The van der Waals surface area contributed by atoms with Crippen LogP contribution in [-0.2, 0) is 16.0 Å². The summed E-state index contributed by atoms with van der Waals surface area (Å²) in [5, 5.41) is 13.5. The third kappa shape index (κ3) is 5.10. The maximum Gasteiger partial charge on any atom is 0.266 e. The van der Waals surface area contributed by atoms with E-state index in [1.54, 1.807) is 12.1 Å². The molecule has 2 aromatic rings. The lowest BCUT2D eigenvalue weighted by Crippen LogP contribution is -2.36. The van der Waals surface area contributed by atoms with Crippen LogP contribution in [0.2, 0.25) is 0 Å². The zero-order valence-corrected chi connectivity index (χ0v) is 17.1. The number of rotatable bonds is 6. The first-order valence-electron chi connectivity index (χ1n) is 8.83. The number of carbonyl (C=O) groups is 3. The molecule has 6 nitrogen and oxygen atoms in total. The van der Waals surface area contributed by atoms with Crippen LogP contribution in [0, 0.1) is 0 Å². The van der Waals surface area contributed by atoms with Gasteiger partial charge in [0.25, 0.3) is 5.91 Å². The number of amides is 2. The van der Waals surface area contributed by atoms with Gasteiger partial charge >= 0.3 is 0 Å². The molecule has 1 fully saturated rings. The van der Waals surface area contributed by atoms with Gasteiger partial charge in [-0.25, -0.2) is 0 Å². The molecule has 0 radical (unpaired) electrons. The molecule has 0 unspecified atom stereocenters. The van der Waals surface area contributed by atoms with Gasteiger partial charge in [-0.3, -0.25) is 14.5 Å². The summed E-state index contributed by atoms with van der Waals surface area (Å²) in [6.07, 6.45) is 2.68. The second kappa shape index (κ2) is 9.02. The maximum absolute atomic E-state index is 12.7. The van der Waals surface area contributed by atoms with Crippen LogP contribution in [-0.4, -0.2) is 33.5 Å². The van der Waals surface area contributed by atoms with Gasteiger partial charge in [0, 0.05) is 5.69 Å². The predicted molar refractivity (Wildman–Crippen MR) is 115 cm³/mol. The van der Waals surface area contributed by atoms with Crippen molar-refractivity contribution < 1.29 is 19.5 Å². The van der Waals surface area contributed by atoms with E-state index in [0.29, 0.717) is 14.9 Å². The Morgan fingerprint density at radius 3 is 2.59 bits per heavy atom. The van der Waals surface area contributed by atoms with Crippen molar-refractivity contribution in [3.05, 3.63) is 70.1 Å². The van der Waals surface area contributed by atoms with Crippen molar-refractivity contribution in [2.24, 2.45) is 0 Å². The summed E-state index contributed by atoms with van der Waals surface area (Å²) in [5.41, 5.74) is 2.33. The SMILES string of the molecule is CCc1ccc(C=C2SC(=S)N(CC(=O)Nc3cccc(C(=O)[O-])c3)C2=O)cc1. The average molecular weight is 426 g/mol. The zero-order chi connectivity index (χ0) is 21.0. The highest BCUT2D eigenvalue weighted by Gasteiger charge is 2.33. The fraction of sp³-hybridized carbons (Fsp3) is 0.143. The summed E-state index contributed by atoms with van der Waals surface area (Å²) in [4.78, 5) is 37.6. The molecule has 1 aliphatic heterocycles. The van der Waals surface area contributed by atoms with Crippen LogP contribution in [0.4, 0.5) is 5.69 Å². The Kier molecular flexibility index (Phi) is 6.46. The second-order valence-electron chi connectivity index (χ2n) is 6.28. The van der Waals surface area contributed by atoms with Gasteiger partial charge in [-0.05, 0) is 41.3 Å². The smallest absolute Gasteiger partial charge is 0.266 e. The summed E-state index contributed by atoms with van der Waals surface area (Å²) in [6, 6.07) is 13.6. The number of hydrogen-bond acceptors (Lipinski definition) is 6. The van der Waals surface area contributed by atoms with E-state index in [-0.39, 0.29) is 18.0 Å². The van der Waals surface area contributed by atoms with Crippen molar-refractivity contribution >= 4 is 57.8 Å². The summed E-state index contributed by atoms with van der Waals surface area (Å²) >= 11 is 6.39. The number of thioether (sulfide) groups is 1. The molecular weight excluding hydrogens is 408 g/mol. The minimum absolute atomic E-state index is 0.0505. The molecule has 0 saturated carbocycles. The van der Waals surface area contributed by atoms with Gasteiger partial charge in [-0.2, -0.15) is 0 Å². The molecule has 1 N–H and O–H groups in total. The number of anilines is 1. The molecular formula is C21H17N2O4S2-. The molecule has 1 heterocycles. The minimum atomic E-state index is -1.34. The largest absolute Gasteiger partial charge is 0.545 e. The fourth-order valence-corrected chi connectivity index (χ4v) is 3.96. The van der Waals surface area contributed by atoms with Gasteiger partial charge in [0.2, 0.25) is 5.91 Å². The van der Waals surface area contributed by atoms with Crippen LogP contribution in [0.15, 0.2) is 53.4 Å². The number of thiocarbonyl (C=S) groups is 1. The number of nitrogens with one attached hydrogen (secondary N) is 1. The molecule has 2 aromatic carbocycles. The average Bonchev–Trinajstić information content (AvgIpc) is 2.96. The molecule has 0 atom stereocenters. The van der Waals surface area contributed by atoms with E-state index in [0.717, 1.165) is 23.7 Å². The third-order valence-electron chi connectivity index (χ3n) is 4.24. The highest BCUT2D eigenvalue weighted by atomic mass is 32.2. The summed E-state index contributed by atoms with van der Waals surface area (Å²) in [5.74, 6) is -2.15. The molecule has 2 amide bonds. The first-order valence-corrected chi connectivity index (χ1v) is 10.1. The molecule has 29 heavy (non-hydrogen) atoms. The number of aromatic carboxylic acids is 1. The van der Waals surface area contributed by atoms with Gasteiger partial charge in [0.15, 0.2) is 0 Å². The minimum Gasteiger partial charge on any atom is -0.545 e. The van der Waals surface area contributed by atoms with Crippen LogP contribution >= 0.6 is 24.0 Å². The van der Waals surface area contributed by atoms with E-state index < -0.39 is 11.9 Å². The van der Waals surface area contributed by atoms with E-state index >= 15 is 0 Å². The van der Waals surface area contributed by atoms with E-state index in [9.17, 15) is 19.5 Å². The van der Waals surface area contributed by atoms with Gasteiger partial charge < -0.3 is 15.2 Å². The number of carboxylic acids is 1. The van der Waals surface area contributed by atoms with Crippen molar-refractivity contribution in [2.45, 2.75) is 13.3 Å². The predicted octanol–water partition coefficient (Wildman–Crippen LogP) is 2.45. The van der Waals surface area contributed by atoms with Gasteiger partial charge in [0.05, 0.1) is 10.9 Å². The number of aryl methyl sites for hydroxylation is 1. The molecule has 1 aliphatic rings. The lowest BCUT2D eigenvalue weighted by atomic mass is 10.1. The third-order valence-corrected chi connectivity index (χ3v) is 5.62. The molecule has 148 valence electrons. The van der Waals surface area contributed by atoms with Gasteiger partial charge in [-0.15, -0.1) is 0 Å². The van der Waals surface area contributed by atoms with E-state index in [2.05, 4.69) is 12.2 Å². The maximum atomic E-state index is 12.7. The molecule has 3 rings (SSSR count). The van der Waals surface area contributed by atoms with Crippen LogP contribution in [0.25, 0.3) is 6.08 Å². The first-order chi connectivity index (χ1) is 13.9.